The van der Waals surface area contributed by atoms with Crippen molar-refractivity contribution < 1.29 is 9.59 Å². The van der Waals surface area contributed by atoms with Crippen molar-refractivity contribution in [3.63, 3.8) is 0 Å². The van der Waals surface area contributed by atoms with Crippen LogP contribution >= 0.6 is 0 Å². The molecule has 0 unspecified atom stereocenters. The lowest BCUT2D eigenvalue weighted by Gasteiger charge is -2.18. The molecule has 3 amide bonds. The molecule has 2 aromatic carbocycles. The van der Waals surface area contributed by atoms with Gasteiger partial charge in [0.2, 0.25) is 0 Å². The maximum absolute atomic E-state index is 12.3. The van der Waals surface area contributed by atoms with Crippen LogP contribution in [0.15, 0.2) is 48.5 Å². The van der Waals surface area contributed by atoms with Gasteiger partial charge in [0, 0.05) is 37.4 Å². The zero-order valence-electron chi connectivity index (χ0n) is 17.2. The van der Waals surface area contributed by atoms with Crippen molar-refractivity contribution in [3.8, 4) is 0 Å². The first-order valence-electron chi connectivity index (χ1n) is 9.59. The van der Waals surface area contributed by atoms with E-state index in [0.29, 0.717) is 30.9 Å². The topological polar surface area (TPSA) is 64.7 Å². The summed E-state index contributed by atoms with van der Waals surface area (Å²) in [5, 5.41) is 5.66. The number of hydrogen-bond acceptors (Lipinski definition) is 3. The maximum Gasteiger partial charge on any atom is 0.319 e. The fraction of sp³-hybridized carbons (Fsp3) is 0.364. The first kappa shape index (κ1) is 21.4. The lowest BCUT2D eigenvalue weighted by Crippen LogP contribution is -2.30. The van der Waals surface area contributed by atoms with Crippen molar-refractivity contribution in [2.75, 3.05) is 32.5 Å². The third kappa shape index (κ3) is 6.39. The standard InChI is InChI=1S/C22H30N4O2/c1-5-26(6-2)21(27)19-10-12-20(13-11-19)24-22(28)23-15-17-8-7-9-18(14-17)16-25(3)4/h7-14H,5-6,15-16H2,1-4H3,(H2,23,24,28). The Hall–Kier alpha value is -2.86. The van der Waals surface area contributed by atoms with Gasteiger partial charge in [-0.3, -0.25) is 4.79 Å². The van der Waals surface area contributed by atoms with Crippen LogP contribution in [0.2, 0.25) is 0 Å². The van der Waals surface area contributed by atoms with Gasteiger partial charge in [-0.05, 0) is 63.3 Å². The van der Waals surface area contributed by atoms with E-state index in [9.17, 15) is 9.59 Å². The first-order valence-corrected chi connectivity index (χ1v) is 9.59. The Kier molecular flexibility index (Phi) is 8.02. The minimum absolute atomic E-state index is 0.00129. The van der Waals surface area contributed by atoms with Gasteiger partial charge in [-0.1, -0.05) is 24.3 Å². The van der Waals surface area contributed by atoms with Crippen molar-refractivity contribution >= 4 is 17.6 Å². The highest BCUT2D eigenvalue weighted by atomic mass is 16.2. The molecule has 6 nitrogen and oxygen atoms in total. The molecule has 0 fully saturated rings. The second-order valence-electron chi connectivity index (χ2n) is 6.92. The molecule has 0 aliphatic carbocycles. The highest BCUT2D eigenvalue weighted by Gasteiger charge is 2.12. The Morgan fingerprint density at radius 1 is 0.929 bits per heavy atom. The first-order chi connectivity index (χ1) is 13.4. The summed E-state index contributed by atoms with van der Waals surface area (Å²) in [5.74, 6) is -0.00129. The third-order valence-corrected chi connectivity index (χ3v) is 4.38. The van der Waals surface area contributed by atoms with E-state index in [0.717, 1.165) is 12.1 Å². The number of benzene rings is 2. The van der Waals surface area contributed by atoms with Crippen molar-refractivity contribution in [2.24, 2.45) is 0 Å². The highest BCUT2D eigenvalue weighted by molar-refractivity contribution is 5.95. The van der Waals surface area contributed by atoms with Crippen LogP contribution < -0.4 is 10.6 Å². The van der Waals surface area contributed by atoms with Crippen LogP contribution in [-0.2, 0) is 13.1 Å². The number of nitrogens with one attached hydrogen (secondary N) is 2. The molecule has 0 spiro atoms. The SMILES string of the molecule is CCN(CC)C(=O)c1ccc(NC(=O)NCc2cccc(CN(C)C)c2)cc1. The number of anilines is 1. The Balaban J connectivity index is 1.89. The molecule has 0 atom stereocenters. The summed E-state index contributed by atoms with van der Waals surface area (Å²) < 4.78 is 0. The van der Waals surface area contributed by atoms with E-state index < -0.39 is 0 Å². The molecule has 2 aromatic rings. The molecule has 28 heavy (non-hydrogen) atoms. The van der Waals surface area contributed by atoms with Gasteiger partial charge in [0.15, 0.2) is 0 Å². The summed E-state index contributed by atoms with van der Waals surface area (Å²) in [5.41, 5.74) is 3.52. The minimum Gasteiger partial charge on any atom is -0.339 e. The van der Waals surface area contributed by atoms with Crippen molar-refractivity contribution in [3.05, 3.63) is 65.2 Å². The quantitative estimate of drug-likeness (QED) is 0.734. The van der Waals surface area contributed by atoms with Gasteiger partial charge in [-0.25, -0.2) is 4.79 Å². The molecule has 0 heterocycles. The van der Waals surface area contributed by atoms with E-state index in [1.165, 1.54) is 5.56 Å². The average Bonchev–Trinajstić information content (AvgIpc) is 2.67. The van der Waals surface area contributed by atoms with E-state index in [2.05, 4.69) is 27.7 Å². The van der Waals surface area contributed by atoms with Gasteiger partial charge in [0.05, 0.1) is 0 Å². The Morgan fingerprint density at radius 2 is 1.57 bits per heavy atom. The van der Waals surface area contributed by atoms with E-state index >= 15 is 0 Å². The van der Waals surface area contributed by atoms with E-state index in [4.69, 9.17) is 0 Å². The zero-order chi connectivity index (χ0) is 20.5. The normalized spacial score (nSPS) is 10.6. The largest absolute Gasteiger partial charge is 0.339 e. The number of nitrogens with zero attached hydrogens (tertiary/aromatic N) is 2. The Labute approximate surface area is 167 Å². The summed E-state index contributed by atoms with van der Waals surface area (Å²) >= 11 is 0. The van der Waals surface area contributed by atoms with Crippen LogP contribution in [0, 0.1) is 0 Å². The predicted molar refractivity (Wildman–Crippen MR) is 113 cm³/mol. The molecule has 0 aromatic heterocycles. The zero-order valence-corrected chi connectivity index (χ0v) is 17.2. The van der Waals surface area contributed by atoms with Crippen LogP contribution in [0.5, 0.6) is 0 Å². The van der Waals surface area contributed by atoms with E-state index in [-0.39, 0.29) is 11.9 Å². The van der Waals surface area contributed by atoms with Gasteiger partial charge in [-0.15, -0.1) is 0 Å². The molecular formula is C22H30N4O2. The van der Waals surface area contributed by atoms with Gasteiger partial charge < -0.3 is 20.4 Å². The summed E-state index contributed by atoms with van der Waals surface area (Å²) in [6.45, 7) is 6.57. The summed E-state index contributed by atoms with van der Waals surface area (Å²) in [6, 6.07) is 14.8. The molecule has 0 saturated heterocycles. The van der Waals surface area contributed by atoms with Crippen molar-refractivity contribution in [2.45, 2.75) is 26.9 Å². The Morgan fingerprint density at radius 3 is 2.18 bits per heavy atom. The summed E-state index contributed by atoms with van der Waals surface area (Å²) in [4.78, 5) is 28.3. The molecule has 2 rings (SSSR count). The molecular weight excluding hydrogens is 352 g/mol. The average molecular weight is 383 g/mol. The predicted octanol–water partition coefficient (Wildman–Crippen LogP) is 3.55. The minimum atomic E-state index is -0.277. The molecule has 0 aliphatic heterocycles. The maximum atomic E-state index is 12.3. The molecule has 6 heteroatoms. The van der Waals surface area contributed by atoms with E-state index in [1.54, 1.807) is 29.2 Å². The number of hydrogen-bond donors (Lipinski definition) is 2. The summed E-state index contributed by atoms with van der Waals surface area (Å²) in [7, 11) is 4.05. The van der Waals surface area contributed by atoms with Crippen LogP contribution in [0.3, 0.4) is 0 Å². The molecule has 150 valence electrons. The van der Waals surface area contributed by atoms with E-state index in [1.807, 2.05) is 40.1 Å². The van der Waals surface area contributed by atoms with Gasteiger partial charge in [0.25, 0.3) is 5.91 Å². The van der Waals surface area contributed by atoms with Crippen molar-refractivity contribution in [1.29, 1.82) is 0 Å². The molecule has 0 bridgehead atoms. The lowest BCUT2D eigenvalue weighted by molar-refractivity contribution is 0.0773. The van der Waals surface area contributed by atoms with Crippen molar-refractivity contribution in [1.82, 2.24) is 15.1 Å². The van der Waals surface area contributed by atoms with Gasteiger partial charge >= 0.3 is 6.03 Å². The molecule has 0 radical (unpaired) electrons. The van der Waals surface area contributed by atoms with Crippen LogP contribution in [0.1, 0.15) is 35.3 Å². The van der Waals surface area contributed by atoms with Gasteiger partial charge in [0.1, 0.15) is 0 Å². The smallest absolute Gasteiger partial charge is 0.319 e. The monoisotopic (exact) mass is 382 g/mol. The lowest BCUT2D eigenvalue weighted by atomic mass is 10.1. The molecule has 0 aliphatic rings. The third-order valence-electron chi connectivity index (χ3n) is 4.38. The highest BCUT2D eigenvalue weighted by Crippen LogP contribution is 2.12. The van der Waals surface area contributed by atoms with Crippen LogP contribution in [-0.4, -0.2) is 48.9 Å². The fourth-order valence-corrected chi connectivity index (χ4v) is 2.95. The second kappa shape index (κ2) is 10.5. The number of carbonyl (C=O) groups excluding carboxylic acids is 2. The number of urea groups is 1. The molecule has 2 N–H and O–H groups in total. The number of carbonyl (C=O) groups is 2. The van der Waals surface area contributed by atoms with Crippen LogP contribution in [0.4, 0.5) is 10.5 Å². The summed E-state index contributed by atoms with van der Waals surface area (Å²) in [6.07, 6.45) is 0. The Bertz CT molecular complexity index is 783. The van der Waals surface area contributed by atoms with Crippen LogP contribution in [0.25, 0.3) is 0 Å². The number of rotatable bonds is 8. The number of amides is 3. The van der Waals surface area contributed by atoms with Gasteiger partial charge in [-0.2, -0.15) is 0 Å². The molecule has 0 saturated carbocycles. The second-order valence-corrected chi connectivity index (χ2v) is 6.92. The fourth-order valence-electron chi connectivity index (χ4n) is 2.95.